The average molecular weight is 261 g/mol. The zero-order valence-corrected chi connectivity index (χ0v) is 11.8. The Kier molecular flexibility index (Phi) is 4.80. The van der Waals surface area contributed by atoms with Crippen LogP contribution in [0.2, 0.25) is 0 Å². The molecule has 0 fully saturated rings. The highest BCUT2D eigenvalue weighted by Gasteiger charge is 2.14. The Balaban J connectivity index is 1.87. The number of nitrogens with one attached hydrogen (secondary N) is 2. The number of amides is 1. The molecule has 1 aliphatic heterocycles. The summed E-state index contributed by atoms with van der Waals surface area (Å²) in [5.74, 6) is 0.172. The second-order valence-corrected chi connectivity index (χ2v) is 4.80. The Bertz CT molecular complexity index is 441. The first kappa shape index (κ1) is 13.9. The number of fused-ring (bicyclic) bond motifs is 1. The van der Waals surface area contributed by atoms with Gasteiger partial charge < -0.3 is 15.5 Å². The largest absolute Gasteiger partial charge is 0.384 e. The minimum atomic E-state index is 0.172. The van der Waals surface area contributed by atoms with Crippen LogP contribution in [0.3, 0.4) is 0 Å². The molecule has 19 heavy (non-hydrogen) atoms. The van der Waals surface area contributed by atoms with E-state index in [1.165, 1.54) is 16.8 Å². The molecule has 1 amide bonds. The molecule has 0 saturated carbocycles. The normalized spacial score (nSPS) is 12.9. The molecule has 0 unspecified atom stereocenters. The van der Waals surface area contributed by atoms with Crippen molar-refractivity contribution in [3.63, 3.8) is 0 Å². The summed E-state index contributed by atoms with van der Waals surface area (Å²) >= 11 is 0. The smallest absolute Gasteiger partial charge is 0.236 e. The number of hydrogen-bond acceptors (Lipinski definition) is 3. The highest BCUT2D eigenvalue weighted by Crippen LogP contribution is 2.25. The minimum absolute atomic E-state index is 0.172. The van der Waals surface area contributed by atoms with Crippen LogP contribution in [-0.2, 0) is 17.8 Å². The number of para-hydroxylation sites is 1. The molecule has 0 bridgehead atoms. The molecule has 1 aromatic rings. The Hall–Kier alpha value is -1.55. The first-order valence-corrected chi connectivity index (χ1v) is 7.09. The van der Waals surface area contributed by atoms with Gasteiger partial charge in [-0.25, -0.2) is 0 Å². The van der Waals surface area contributed by atoms with Crippen LogP contribution in [0.15, 0.2) is 18.2 Å². The maximum absolute atomic E-state index is 11.9. The van der Waals surface area contributed by atoms with Gasteiger partial charge in [0.15, 0.2) is 0 Å². The summed E-state index contributed by atoms with van der Waals surface area (Å²) < 4.78 is 0. The van der Waals surface area contributed by atoms with Gasteiger partial charge in [-0.05, 0) is 31.4 Å². The summed E-state index contributed by atoms with van der Waals surface area (Å²) in [5, 5.41) is 6.67. The van der Waals surface area contributed by atoms with Gasteiger partial charge in [-0.15, -0.1) is 0 Å². The van der Waals surface area contributed by atoms with E-state index < -0.39 is 0 Å². The van der Waals surface area contributed by atoms with E-state index in [1.807, 2.05) is 18.7 Å². The van der Waals surface area contributed by atoms with Gasteiger partial charge in [-0.1, -0.05) is 18.2 Å². The van der Waals surface area contributed by atoms with E-state index in [0.717, 1.165) is 32.6 Å². The number of anilines is 1. The number of benzene rings is 1. The lowest BCUT2D eigenvalue weighted by atomic mass is 10.1. The van der Waals surface area contributed by atoms with Gasteiger partial charge in [0.1, 0.15) is 0 Å². The lowest BCUT2D eigenvalue weighted by molar-refractivity contribution is -0.129. The van der Waals surface area contributed by atoms with Crippen LogP contribution in [0.1, 0.15) is 25.0 Å². The van der Waals surface area contributed by atoms with E-state index in [2.05, 4.69) is 28.8 Å². The monoisotopic (exact) mass is 261 g/mol. The molecule has 0 saturated heterocycles. The van der Waals surface area contributed by atoms with Crippen molar-refractivity contribution in [3.8, 4) is 0 Å². The number of nitrogens with zero attached hydrogens (tertiary/aromatic N) is 1. The maximum Gasteiger partial charge on any atom is 0.236 e. The van der Waals surface area contributed by atoms with Crippen LogP contribution in [0.4, 0.5) is 5.69 Å². The zero-order chi connectivity index (χ0) is 13.7. The first-order valence-electron chi connectivity index (χ1n) is 7.09. The Labute approximate surface area is 115 Å². The highest BCUT2D eigenvalue weighted by molar-refractivity contribution is 5.78. The van der Waals surface area contributed by atoms with Crippen LogP contribution in [-0.4, -0.2) is 37.0 Å². The van der Waals surface area contributed by atoms with Crippen molar-refractivity contribution in [3.05, 3.63) is 29.3 Å². The Morgan fingerprint density at radius 1 is 1.37 bits per heavy atom. The molecule has 104 valence electrons. The van der Waals surface area contributed by atoms with E-state index in [1.54, 1.807) is 0 Å². The number of likely N-dealkylation sites (N-methyl/N-ethyl adjacent to an activating group) is 1. The lowest BCUT2D eigenvalue weighted by Crippen LogP contribution is -2.37. The predicted molar refractivity (Wildman–Crippen MR) is 78.3 cm³/mol. The third kappa shape index (κ3) is 3.26. The van der Waals surface area contributed by atoms with Crippen molar-refractivity contribution >= 4 is 11.6 Å². The molecule has 0 radical (unpaired) electrons. The van der Waals surface area contributed by atoms with Crippen molar-refractivity contribution in [2.75, 3.05) is 31.5 Å². The second kappa shape index (κ2) is 6.57. The minimum Gasteiger partial charge on any atom is -0.384 e. The van der Waals surface area contributed by atoms with Crippen molar-refractivity contribution in [1.82, 2.24) is 10.2 Å². The number of rotatable bonds is 6. The van der Waals surface area contributed by atoms with Crippen LogP contribution < -0.4 is 10.6 Å². The summed E-state index contributed by atoms with van der Waals surface area (Å²) in [5.41, 5.74) is 3.89. The molecule has 0 spiro atoms. The Morgan fingerprint density at radius 3 is 2.89 bits per heavy atom. The van der Waals surface area contributed by atoms with Crippen LogP contribution in [0.25, 0.3) is 0 Å². The van der Waals surface area contributed by atoms with Crippen LogP contribution in [0, 0.1) is 0 Å². The van der Waals surface area contributed by atoms with Gasteiger partial charge in [0, 0.05) is 31.9 Å². The molecule has 1 heterocycles. The van der Waals surface area contributed by atoms with Crippen LogP contribution >= 0.6 is 0 Å². The van der Waals surface area contributed by atoms with Gasteiger partial charge in [0.05, 0.1) is 6.54 Å². The van der Waals surface area contributed by atoms with Gasteiger partial charge >= 0.3 is 0 Å². The quantitative estimate of drug-likeness (QED) is 0.818. The predicted octanol–water partition coefficient (Wildman–Crippen LogP) is 1.61. The molecule has 4 heteroatoms. The molecule has 0 aromatic heterocycles. The topological polar surface area (TPSA) is 44.4 Å². The van der Waals surface area contributed by atoms with Crippen molar-refractivity contribution in [1.29, 1.82) is 0 Å². The van der Waals surface area contributed by atoms with Gasteiger partial charge in [0.25, 0.3) is 0 Å². The van der Waals surface area contributed by atoms with Gasteiger partial charge in [-0.3, -0.25) is 4.79 Å². The van der Waals surface area contributed by atoms with E-state index in [0.29, 0.717) is 6.54 Å². The van der Waals surface area contributed by atoms with Crippen molar-refractivity contribution < 1.29 is 4.79 Å². The summed E-state index contributed by atoms with van der Waals surface area (Å²) in [6.45, 7) is 7.74. The second-order valence-electron chi connectivity index (χ2n) is 4.80. The van der Waals surface area contributed by atoms with E-state index in [9.17, 15) is 4.79 Å². The summed E-state index contributed by atoms with van der Waals surface area (Å²) in [4.78, 5) is 13.7. The molecule has 0 aliphatic carbocycles. The molecule has 1 aromatic carbocycles. The highest BCUT2D eigenvalue weighted by atomic mass is 16.2. The third-order valence-corrected chi connectivity index (χ3v) is 3.64. The average Bonchev–Trinajstić information content (AvgIpc) is 2.89. The third-order valence-electron chi connectivity index (χ3n) is 3.64. The lowest BCUT2D eigenvalue weighted by Gasteiger charge is -2.19. The molecule has 0 atom stereocenters. The summed E-state index contributed by atoms with van der Waals surface area (Å²) in [6.07, 6.45) is 1.10. The fourth-order valence-corrected chi connectivity index (χ4v) is 2.55. The van der Waals surface area contributed by atoms with Crippen LogP contribution in [0.5, 0.6) is 0 Å². The fraction of sp³-hybridized carbons (Fsp3) is 0.533. The molecule has 2 rings (SSSR count). The standard InChI is InChI=1S/C15H23N3O/c1-3-18(4-2)14(19)11-16-10-13-7-5-6-12-8-9-17-15(12)13/h5-7,16-17H,3-4,8-11H2,1-2H3. The van der Waals surface area contributed by atoms with E-state index in [4.69, 9.17) is 0 Å². The maximum atomic E-state index is 11.9. The van der Waals surface area contributed by atoms with E-state index >= 15 is 0 Å². The molecule has 4 nitrogen and oxygen atoms in total. The van der Waals surface area contributed by atoms with Gasteiger partial charge in [0.2, 0.25) is 5.91 Å². The number of carbonyl (C=O) groups is 1. The van der Waals surface area contributed by atoms with Crippen molar-refractivity contribution in [2.45, 2.75) is 26.8 Å². The summed E-state index contributed by atoms with van der Waals surface area (Å²) in [6, 6.07) is 6.38. The first-order chi connectivity index (χ1) is 9.26. The fourth-order valence-electron chi connectivity index (χ4n) is 2.55. The molecule has 2 N–H and O–H groups in total. The Morgan fingerprint density at radius 2 is 2.16 bits per heavy atom. The SMILES string of the molecule is CCN(CC)C(=O)CNCc1cccc2c1NCC2. The van der Waals surface area contributed by atoms with Crippen molar-refractivity contribution in [2.24, 2.45) is 0 Å². The molecular formula is C15H23N3O. The molecular weight excluding hydrogens is 238 g/mol. The van der Waals surface area contributed by atoms with E-state index in [-0.39, 0.29) is 5.91 Å². The summed E-state index contributed by atoms with van der Waals surface area (Å²) in [7, 11) is 0. The molecule has 1 aliphatic rings. The van der Waals surface area contributed by atoms with Gasteiger partial charge in [-0.2, -0.15) is 0 Å². The number of hydrogen-bond donors (Lipinski definition) is 2. The number of carbonyl (C=O) groups excluding carboxylic acids is 1. The zero-order valence-electron chi connectivity index (χ0n) is 11.8.